The number of rotatable bonds is 1. The van der Waals surface area contributed by atoms with Crippen LogP contribution in [0.2, 0.25) is 5.02 Å². The molecule has 15 heavy (non-hydrogen) atoms. The smallest absolute Gasteiger partial charge is 0.127 e. The van der Waals surface area contributed by atoms with Crippen LogP contribution in [0.25, 0.3) is 0 Å². The molecule has 0 fully saturated rings. The Labute approximate surface area is 99.4 Å². The molecular weight excluding hydrogens is 228 g/mol. The zero-order valence-electron chi connectivity index (χ0n) is 8.54. The second-order valence-corrected chi connectivity index (χ2v) is 4.83. The van der Waals surface area contributed by atoms with Gasteiger partial charge < -0.3 is 5.32 Å². The molecule has 0 bridgehead atoms. The molecule has 0 radical (unpaired) electrons. The SMILES string of the molecule is CC1(C)N=C(c2ccc(Cl)cc2)C(=S)N1. The second-order valence-electron chi connectivity index (χ2n) is 3.98. The van der Waals surface area contributed by atoms with E-state index in [1.54, 1.807) is 0 Å². The number of hydrogen-bond donors (Lipinski definition) is 1. The first kappa shape index (κ1) is 10.6. The first-order chi connectivity index (χ1) is 6.98. The fourth-order valence-electron chi connectivity index (χ4n) is 1.50. The van der Waals surface area contributed by atoms with Gasteiger partial charge in [0.05, 0.1) is 0 Å². The zero-order valence-corrected chi connectivity index (χ0v) is 10.1. The van der Waals surface area contributed by atoms with Gasteiger partial charge in [-0.1, -0.05) is 36.0 Å². The molecule has 0 atom stereocenters. The van der Waals surface area contributed by atoms with Gasteiger partial charge in [-0.05, 0) is 26.0 Å². The quantitative estimate of drug-likeness (QED) is 0.761. The number of hydrogen-bond acceptors (Lipinski definition) is 2. The Bertz CT molecular complexity index is 434. The van der Waals surface area contributed by atoms with Crippen molar-refractivity contribution in [3.8, 4) is 0 Å². The number of halogens is 1. The minimum Gasteiger partial charge on any atom is -0.351 e. The highest BCUT2D eigenvalue weighted by Crippen LogP contribution is 2.18. The molecule has 0 aliphatic carbocycles. The number of benzene rings is 1. The second kappa shape index (κ2) is 3.58. The minimum absolute atomic E-state index is 0.300. The third-order valence-corrected chi connectivity index (χ3v) is 2.69. The molecule has 1 aliphatic rings. The highest BCUT2D eigenvalue weighted by atomic mass is 35.5. The van der Waals surface area contributed by atoms with E-state index in [-0.39, 0.29) is 5.66 Å². The maximum Gasteiger partial charge on any atom is 0.127 e. The summed E-state index contributed by atoms with van der Waals surface area (Å²) in [7, 11) is 0. The van der Waals surface area contributed by atoms with Crippen molar-refractivity contribution in [1.29, 1.82) is 0 Å². The molecule has 0 unspecified atom stereocenters. The summed E-state index contributed by atoms with van der Waals surface area (Å²) in [5.74, 6) is 0. The molecule has 1 N–H and O–H groups in total. The lowest BCUT2D eigenvalue weighted by atomic mass is 10.1. The van der Waals surface area contributed by atoms with E-state index in [4.69, 9.17) is 23.8 Å². The molecule has 0 saturated carbocycles. The summed E-state index contributed by atoms with van der Waals surface area (Å²) < 4.78 is 0. The van der Waals surface area contributed by atoms with E-state index in [2.05, 4.69) is 10.3 Å². The van der Waals surface area contributed by atoms with Crippen molar-refractivity contribution in [1.82, 2.24) is 5.32 Å². The summed E-state index contributed by atoms with van der Waals surface area (Å²) in [6.07, 6.45) is 0. The summed E-state index contributed by atoms with van der Waals surface area (Å²) >= 11 is 11.1. The largest absolute Gasteiger partial charge is 0.351 e. The Kier molecular flexibility index (Phi) is 2.52. The molecule has 1 aromatic carbocycles. The third kappa shape index (κ3) is 2.19. The van der Waals surface area contributed by atoms with Gasteiger partial charge in [-0.3, -0.25) is 4.99 Å². The lowest BCUT2D eigenvalue weighted by molar-refractivity contribution is 0.506. The average molecular weight is 239 g/mol. The monoisotopic (exact) mass is 238 g/mol. The molecular formula is C11H11ClN2S. The lowest BCUT2D eigenvalue weighted by Gasteiger charge is -2.13. The van der Waals surface area contributed by atoms with Crippen molar-refractivity contribution in [3.63, 3.8) is 0 Å². The van der Waals surface area contributed by atoms with E-state index in [0.29, 0.717) is 4.99 Å². The van der Waals surface area contributed by atoms with E-state index in [1.165, 1.54) is 0 Å². The standard InChI is InChI=1S/C11H11ClN2S/c1-11(2)13-9(10(15)14-11)7-3-5-8(12)6-4-7/h3-6H,1-2H3,(H,14,15). The van der Waals surface area contributed by atoms with Crippen LogP contribution in [-0.2, 0) is 0 Å². The van der Waals surface area contributed by atoms with Gasteiger partial charge in [0, 0.05) is 10.6 Å². The van der Waals surface area contributed by atoms with Gasteiger partial charge in [-0.2, -0.15) is 0 Å². The molecule has 78 valence electrons. The maximum absolute atomic E-state index is 5.82. The van der Waals surface area contributed by atoms with Crippen LogP contribution in [0, 0.1) is 0 Å². The fourth-order valence-corrected chi connectivity index (χ4v) is 2.04. The predicted molar refractivity (Wildman–Crippen MR) is 67.8 cm³/mol. The summed E-state index contributed by atoms with van der Waals surface area (Å²) in [5.41, 5.74) is 1.54. The fraction of sp³-hybridized carbons (Fsp3) is 0.273. The molecule has 0 spiro atoms. The van der Waals surface area contributed by atoms with Crippen molar-refractivity contribution in [2.45, 2.75) is 19.5 Å². The minimum atomic E-state index is -0.300. The van der Waals surface area contributed by atoms with Gasteiger partial charge in [-0.15, -0.1) is 0 Å². The first-order valence-electron chi connectivity index (χ1n) is 4.66. The van der Waals surface area contributed by atoms with E-state index < -0.39 is 0 Å². The predicted octanol–water partition coefficient (Wildman–Crippen LogP) is 2.80. The van der Waals surface area contributed by atoms with Gasteiger partial charge in [0.25, 0.3) is 0 Å². The Morgan fingerprint density at radius 3 is 2.33 bits per heavy atom. The topological polar surface area (TPSA) is 24.4 Å². The highest BCUT2D eigenvalue weighted by Gasteiger charge is 2.28. The van der Waals surface area contributed by atoms with Gasteiger partial charge >= 0.3 is 0 Å². The summed E-state index contributed by atoms with van der Waals surface area (Å²) in [4.78, 5) is 5.22. The first-order valence-corrected chi connectivity index (χ1v) is 5.45. The lowest BCUT2D eigenvalue weighted by Crippen LogP contribution is -2.35. The van der Waals surface area contributed by atoms with Crippen molar-refractivity contribution in [3.05, 3.63) is 34.9 Å². The number of thiocarbonyl (C=S) groups is 1. The van der Waals surface area contributed by atoms with Gasteiger partial charge in [0.1, 0.15) is 16.4 Å². The normalized spacial score (nSPS) is 18.6. The molecule has 2 rings (SSSR count). The summed E-state index contributed by atoms with van der Waals surface area (Å²) in [6.45, 7) is 3.98. The van der Waals surface area contributed by atoms with Crippen LogP contribution in [0.4, 0.5) is 0 Å². The van der Waals surface area contributed by atoms with Crippen LogP contribution in [0.3, 0.4) is 0 Å². The third-order valence-electron chi connectivity index (χ3n) is 2.14. The van der Waals surface area contributed by atoms with Crippen LogP contribution in [0.15, 0.2) is 29.3 Å². The van der Waals surface area contributed by atoms with E-state index >= 15 is 0 Å². The molecule has 0 aromatic heterocycles. The van der Waals surface area contributed by atoms with Crippen LogP contribution >= 0.6 is 23.8 Å². The van der Waals surface area contributed by atoms with Crippen LogP contribution < -0.4 is 5.32 Å². The Balaban J connectivity index is 2.40. The van der Waals surface area contributed by atoms with Crippen molar-refractivity contribution < 1.29 is 0 Å². The van der Waals surface area contributed by atoms with Crippen molar-refractivity contribution in [2.24, 2.45) is 4.99 Å². The Hall–Kier alpha value is -0.930. The molecule has 2 nitrogen and oxygen atoms in total. The van der Waals surface area contributed by atoms with E-state index in [1.807, 2.05) is 38.1 Å². The molecule has 1 aliphatic heterocycles. The van der Waals surface area contributed by atoms with Crippen LogP contribution in [0.1, 0.15) is 19.4 Å². The maximum atomic E-state index is 5.82. The molecule has 1 heterocycles. The summed E-state index contributed by atoms with van der Waals surface area (Å²) in [6, 6.07) is 7.54. The van der Waals surface area contributed by atoms with E-state index in [0.717, 1.165) is 16.3 Å². The van der Waals surface area contributed by atoms with Crippen molar-refractivity contribution in [2.75, 3.05) is 0 Å². The molecule has 1 aromatic rings. The van der Waals surface area contributed by atoms with Gasteiger partial charge in [-0.25, -0.2) is 0 Å². The zero-order chi connectivity index (χ0) is 11.1. The number of nitrogens with one attached hydrogen (secondary N) is 1. The van der Waals surface area contributed by atoms with E-state index in [9.17, 15) is 0 Å². The summed E-state index contributed by atoms with van der Waals surface area (Å²) in [5, 5.41) is 3.87. The van der Waals surface area contributed by atoms with Crippen molar-refractivity contribution >= 4 is 34.5 Å². The van der Waals surface area contributed by atoms with Gasteiger partial charge in [0.15, 0.2) is 0 Å². The van der Waals surface area contributed by atoms with Gasteiger partial charge in [0.2, 0.25) is 0 Å². The molecule has 4 heteroatoms. The number of nitrogens with zero attached hydrogens (tertiary/aromatic N) is 1. The number of aliphatic imine (C=N–C) groups is 1. The molecule has 0 saturated heterocycles. The molecule has 0 amide bonds. The van der Waals surface area contributed by atoms with Crippen LogP contribution in [0.5, 0.6) is 0 Å². The average Bonchev–Trinajstić information content (AvgIpc) is 2.41. The Morgan fingerprint density at radius 1 is 1.27 bits per heavy atom. The van der Waals surface area contributed by atoms with Crippen LogP contribution in [-0.4, -0.2) is 16.4 Å². The Morgan fingerprint density at radius 2 is 1.87 bits per heavy atom. The highest BCUT2D eigenvalue weighted by molar-refractivity contribution is 7.82.